The highest BCUT2D eigenvalue weighted by Gasteiger charge is 2.32. The van der Waals surface area contributed by atoms with Crippen LogP contribution in [-0.4, -0.2) is 23.8 Å². The molecule has 1 aliphatic carbocycles. The standard InChI is InChI=1S/C18H18N4O2S2/c1-21-11(23)7-8-4-5-9-12(10-3-2-6-25-10)13-14(19)16(17(20)24)26-18(13)22-15(8)9/h2-3,6,8H,4-5,7,19H2,1H3,(H2,20,24)(H,21,23). The van der Waals surface area contributed by atoms with Crippen LogP contribution in [0.25, 0.3) is 20.7 Å². The Morgan fingerprint density at radius 3 is 2.88 bits per heavy atom. The fraction of sp³-hybridized carbons (Fsp3) is 0.278. The van der Waals surface area contributed by atoms with E-state index in [2.05, 4.69) is 5.32 Å². The third-order valence-corrected chi connectivity index (χ3v) is 6.84. The van der Waals surface area contributed by atoms with Crippen LogP contribution in [0.5, 0.6) is 0 Å². The first-order valence-corrected chi connectivity index (χ1v) is 9.99. The van der Waals surface area contributed by atoms with Crippen LogP contribution in [0.2, 0.25) is 0 Å². The van der Waals surface area contributed by atoms with Crippen LogP contribution in [0.3, 0.4) is 0 Å². The van der Waals surface area contributed by atoms with Gasteiger partial charge in [0.05, 0.1) is 5.69 Å². The first kappa shape index (κ1) is 17.0. The van der Waals surface area contributed by atoms with Crippen molar-refractivity contribution in [2.24, 2.45) is 5.73 Å². The Kier molecular flexibility index (Phi) is 4.16. The summed E-state index contributed by atoms with van der Waals surface area (Å²) < 4.78 is 0. The highest BCUT2D eigenvalue weighted by molar-refractivity contribution is 7.21. The summed E-state index contributed by atoms with van der Waals surface area (Å²) in [7, 11) is 1.64. The third kappa shape index (κ3) is 2.57. The van der Waals surface area contributed by atoms with E-state index in [1.165, 1.54) is 11.3 Å². The number of nitrogens with one attached hydrogen (secondary N) is 1. The molecule has 0 radical (unpaired) electrons. The molecule has 3 heterocycles. The summed E-state index contributed by atoms with van der Waals surface area (Å²) in [6.07, 6.45) is 2.14. The second-order valence-electron chi connectivity index (χ2n) is 6.33. The van der Waals surface area contributed by atoms with Gasteiger partial charge in [-0.15, -0.1) is 22.7 Å². The summed E-state index contributed by atoms with van der Waals surface area (Å²) >= 11 is 2.86. The van der Waals surface area contributed by atoms with Crippen LogP contribution in [0.4, 0.5) is 5.69 Å². The summed E-state index contributed by atoms with van der Waals surface area (Å²) in [4.78, 5) is 30.6. The van der Waals surface area contributed by atoms with E-state index < -0.39 is 5.91 Å². The number of rotatable bonds is 4. The SMILES string of the molecule is CNC(=O)CC1CCc2c1nc1sc(C(N)=O)c(N)c1c2-c1cccs1. The molecule has 3 aromatic rings. The van der Waals surface area contributed by atoms with Gasteiger partial charge >= 0.3 is 0 Å². The van der Waals surface area contributed by atoms with Crippen LogP contribution in [0, 0.1) is 0 Å². The molecule has 0 saturated heterocycles. The zero-order chi connectivity index (χ0) is 18.4. The lowest BCUT2D eigenvalue weighted by Crippen LogP contribution is -2.20. The number of hydrogen-bond acceptors (Lipinski definition) is 6. The minimum Gasteiger partial charge on any atom is -0.397 e. The molecular weight excluding hydrogens is 368 g/mol. The van der Waals surface area contributed by atoms with E-state index in [0.29, 0.717) is 21.8 Å². The molecule has 1 aliphatic rings. The second kappa shape index (κ2) is 6.37. The topological polar surface area (TPSA) is 111 Å². The Hall–Kier alpha value is -2.45. The van der Waals surface area contributed by atoms with Gasteiger partial charge in [0.2, 0.25) is 5.91 Å². The summed E-state index contributed by atoms with van der Waals surface area (Å²) in [5.74, 6) is -0.455. The first-order valence-electron chi connectivity index (χ1n) is 8.30. The van der Waals surface area contributed by atoms with Gasteiger partial charge in [-0.25, -0.2) is 4.98 Å². The summed E-state index contributed by atoms with van der Waals surface area (Å²) in [6, 6.07) is 4.04. The quantitative estimate of drug-likeness (QED) is 0.640. The molecule has 26 heavy (non-hydrogen) atoms. The maximum Gasteiger partial charge on any atom is 0.260 e. The molecule has 2 amide bonds. The van der Waals surface area contributed by atoms with Gasteiger partial charge in [-0.2, -0.15) is 0 Å². The summed E-state index contributed by atoms with van der Waals surface area (Å²) in [5, 5.41) is 5.51. The van der Waals surface area contributed by atoms with E-state index in [4.69, 9.17) is 16.5 Å². The highest BCUT2D eigenvalue weighted by Crippen LogP contribution is 2.48. The van der Waals surface area contributed by atoms with Crippen molar-refractivity contribution in [3.05, 3.63) is 33.6 Å². The van der Waals surface area contributed by atoms with Crippen molar-refractivity contribution in [3.8, 4) is 10.4 Å². The Labute approximate surface area is 158 Å². The van der Waals surface area contributed by atoms with Gasteiger partial charge in [-0.1, -0.05) is 6.07 Å². The van der Waals surface area contributed by atoms with Crippen LogP contribution in [-0.2, 0) is 11.2 Å². The number of pyridine rings is 1. The fourth-order valence-electron chi connectivity index (χ4n) is 3.65. The maximum absolute atomic E-state index is 11.9. The van der Waals surface area contributed by atoms with E-state index in [-0.39, 0.29) is 11.8 Å². The molecule has 8 heteroatoms. The number of aromatic nitrogens is 1. The molecule has 0 saturated carbocycles. The van der Waals surface area contributed by atoms with E-state index in [1.807, 2.05) is 17.5 Å². The molecule has 1 unspecified atom stereocenters. The molecule has 0 fully saturated rings. The lowest BCUT2D eigenvalue weighted by atomic mass is 9.98. The highest BCUT2D eigenvalue weighted by atomic mass is 32.1. The van der Waals surface area contributed by atoms with E-state index >= 15 is 0 Å². The number of amides is 2. The average Bonchev–Trinajstić information content (AvgIpc) is 3.33. The lowest BCUT2D eigenvalue weighted by molar-refractivity contribution is -0.121. The van der Waals surface area contributed by atoms with E-state index in [0.717, 1.165) is 39.9 Å². The molecule has 1 atom stereocenters. The molecule has 5 N–H and O–H groups in total. The third-order valence-electron chi connectivity index (χ3n) is 4.84. The van der Waals surface area contributed by atoms with Gasteiger partial charge in [0.1, 0.15) is 9.71 Å². The number of fused-ring (bicyclic) bond motifs is 2. The van der Waals surface area contributed by atoms with Crippen molar-refractivity contribution in [1.82, 2.24) is 10.3 Å². The molecular formula is C18H18N4O2S2. The smallest absolute Gasteiger partial charge is 0.260 e. The number of primary amides is 1. The fourth-order valence-corrected chi connectivity index (χ4v) is 5.42. The van der Waals surface area contributed by atoms with Crippen LogP contribution in [0.1, 0.15) is 39.7 Å². The largest absolute Gasteiger partial charge is 0.397 e. The van der Waals surface area contributed by atoms with Crippen molar-refractivity contribution in [1.29, 1.82) is 0 Å². The lowest BCUT2D eigenvalue weighted by Gasteiger charge is -2.13. The van der Waals surface area contributed by atoms with Crippen molar-refractivity contribution in [2.45, 2.75) is 25.2 Å². The second-order valence-corrected chi connectivity index (χ2v) is 8.28. The van der Waals surface area contributed by atoms with Crippen LogP contribution >= 0.6 is 22.7 Å². The molecule has 134 valence electrons. The number of carbonyl (C=O) groups excluding carboxylic acids is 2. The van der Waals surface area contributed by atoms with Gasteiger partial charge < -0.3 is 16.8 Å². The molecule has 0 aromatic carbocycles. The van der Waals surface area contributed by atoms with Gasteiger partial charge in [-0.05, 0) is 29.9 Å². The van der Waals surface area contributed by atoms with Gasteiger partial charge in [-0.3, -0.25) is 9.59 Å². The Bertz CT molecular complexity index is 1020. The zero-order valence-corrected chi connectivity index (χ0v) is 15.8. The summed E-state index contributed by atoms with van der Waals surface area (Å²) in [6.45, 7) is 0. The van der Waals surface area contributed by atoms with Crippen molar-refractivity contribution in [3.63, 3.8) is 0 Å². The maximum atomic E-state index is 11.9. The van der Waals surface area contributed by atoms with Crippen LogP contribution in [0.15, 0.2) is 17.5 Å². The zero-order valence-electron chi connectivity index (χ0n) is 14.2. The molecule has 3 aromatic heterocycles. The molecule has 0 spiro atoms. The van der Waals surface area contributed by atoms with Crippen molar-refractivity contribution in [2.75, 3.05) is 12.8 Å². The predicted octanol–water partition coefficient (Wildman–Crippen LogP) is 2.87. The van der Waals surface area contributed by atoms with Gasteiger partial charge in [0.25, 0.3) is 5.91 Å². The summed E-state index contributed by atoms with van der Waals surface area (Å²) in [5.41, 5.74) is 15.3. The van der Waals surface area contributed by atoms with Crippen molar-refractivity contribution < 1.29 is 9.59 Å². The Balaban J connectivity index is 1.99. The van der Waals surface area contributed by atoms with Gasteiger partial charge in [0, 0.05) is 40.9 Å². The first-order chi connectivity index (χ1) is 12.5. The number of nitrogens with two attached hydrogens (primary N) is 2. The monoisotopic (exact) mass is 386 g/mol. The Morgan fingerprint density at radius 2 is 2.23 bits per heavy atom. The van der Waals surface area contributed by atoms with E-state index in [9.17, 15) is 9.59 Å². The van der Waals surface area contributed by atoms with Crippen LogP contribution < -0.4 is 16.8 Å². The number of thiophene rings is 2. The van der Waals surface area contributed by atoms with Crippen molar-refractivity contribution >= 4 is 50.4 Å². The number of anilines is 1. The Morgan fingerprint density at radius 1 is 1.42 bits per heavy atom. The van der Waals surface area contributed by atoms with E-state index in [1.54, 1.807) is 18.4 Å². The molecule has 6 nitrogen and oxygen atoms in total. The molecule has 0 aliphatic heterocycles. The average molecular weight is 387 g/mol. The molecule has 0 bridgehead atoms. The minimum absolute atomic E-state index is 0.00550. The number of nitrogens with zero attached hydrogens (tertiary/aromatic N) is 1. The number of nitrogen functional groups attached to an aromatic ring is 1. The normalized spacial score (nSPS) is 16.0. The molecule has 4 rings (SSSR count). The number of carbonyl (C=O) groups is 2. The van der Waals surface area contributed by atoms with Gasteiger partial charge in [0.15, 0.2) is 0 Å². The minimum atomic E-state index is -0.537. The number of hydrogen-bond donors (Lipinski definition) is 3. The predicted molar refractivity (Wildman–Crippen MR) is 106 cm³/mol.